The third-order valence-electron chi connectivity index (χ3n) is 3.69. The van der Waals surface area contributed by atoms with Crippen LogP contribution in [0.15, 0.2) is 47.4 Å². The number of hydrogen-bond donors (Lipinski definition) is 2. The van der Waals surface area contributed by atoms with E-state index in [-0.39, 0.29) is 34.2 Å². The molecule has 26 heavy (non-hydrogen) atoms. The maximum absolute atomic E-state index is 12.5. The predicted molar refractivity (Wildman–Crippen MR) is 94.4 cm³/mol. The van der Waals surface area contributed by atoms with Gasteiger partial charge in [0, 0.05) is 17.7 Å². The van der Waals surface area contributed by atoms with Crippen molar-refractivity contribution < 1.29 is 24.7 Å². The number of hydrogen-bond acceptors (Lipinski definition) is 7. The number of thioether (sulfide) groups is 1. The summed E-state index contributed by atoms with van der Waals surface area (Å²) >= 11 is 0.716. The number of imide groups is 1. The first-order valence-corrected chi connectivity index (χ1v) is 8.18. The number of aromatic hydroxyl groups is 2. The minimum atomic E-state index is -0.541. The number of phenolic OH excluding ortho intramolecular Hbond substituents is 2. The monoisotopic (exact) mass is 372 g/mol. The van der Waals surface area contributed by atoms with Crippen molar-refractivity contribution in [1.82, 2.24) is 4.90 Å². The van der Waals surface area contributed by atoms with Crippen molar-refractivity contribution in [2.75, 3.05) is 0 Å². The van der Waals surface area contributed by atoms with E-state index in [4.69, 9.17) is 0 Å². The maximum Gasteiger partial charge on any atom is 0.293 e. The Bertz CT molecular complexity index is 939. The topological polar surface area (TPSA) is 121 Å². The van der Waals surface area contributed by atoms with Gasteiger partial charge in [0.2, 0.25) is 0 Å². The number of rotatable bonds is 4. The Balaban J connectivity index is 1.81. The highest BCUT2D eigenvalue weighted by Crippen LogP contribution is 2.36. The molecule has 3 rings (SSSR count). The Labute approximate surface area is 151 Å². The highest BCUT2D eigenvalue weighted by Gasteiger charge is 2.35. The van der Waals surface area contributed by atoms with Crippen LogP contribution in [-0.4, -0.2) is 31.2 Å². The van der Waals surface area contributed by atoms with Crippen LogP contribution in [0.5, 0.6) is 11.5 Å². The number of phenols is 2. The zero-order chi connectivity index (χ0) is 18.8. The molecule has 1 fully saturated rings. The van der Waals surface area contributed by atoms with Crippen LogP contribution in [0.1, 0.15) is 11.1 Å². The Morgan fingerprint density at radius 3 is 2.46 bits per heavy atom. The van der Waals surface area contributed by atoms with Gasteiger partial charge in [-0.25, -0.2) is 0 Å². The fourth-order valence-corrected chi connectivity index (χ4v) is 3.18. The molecular formula is C17H12N2O6S. The Hall–Kier alpha value is -3.33. The number of amides is 2. The second-order valence-corrected chi connectivity index (χ2v) is 6.40. The van der Waals surface area contributed by atoms with E-state index in [1.165, 1.54) is 48.5 Å². The number of para-hydroxylation sites is 1. The first-order chi connectivity index (χ1) is 12.4. The molecule has 0 aromatic heterocycles. The fourth-order valence-electron chi connectivity index (χ4n) is 2.35. The van der Waals surface area contributed by atoms with E-state index in [1.54, 1.807) is 0 Å². The van der Waals surface area contributed by atoms with Crippen molar-refractivity contribution in [3.05, 3.63) is 68.6 Å². The molecule has 1 heterocycles. The number of nitro benzene ring substituents is 1. The summed E-state index contributed by atoms with van der Waals surface area (Å²) in [5, 5.41) is 29.5. The van der Waals surface area contributed by atoms with Crippen LogP contribution in [0, 0.1) is 10.1 Å². The van der Waals surface area contributed by atoms with Gasteiger partial charge < -0.3 is 10.2 Å². The molecule has 0 bridgehead atoms. The molecule has 1 saturated heterocycles. The molecule has 0 atom stereocenters. The van der Waals surface area contributed by atoms with Crippen molar-refractivity contribution >= 4 is 34.7 Å². The normalized spacial score (nSPS) is 15.7. The van der Waals surface area contributed by atoms with Crippen LogP contribution in [0.3, 0.4) is 0 Å². The lowest BCUT2D eigenvalue weighted by Crippen LogP contribution is -2.27. The summed E-state index contributed by atoms with van der Waals surface area (Å²) in [4.78, 5) is 35.8. The molecule has 132 valence electrons. The molecule has 0 radical (unpaired) electrons. The molecule has 0 unspecified atom stereocenters. The van der Waals surface area contributed by atoms with Gasteiger partial charge in [0.05, 0.1) is 16.4 Å². The average molecular weight is 372 g/mol. The van der Waals surface area contributed by atoms with Crippen molar-refractivity contribution in [3.63, 3.8) is 0 Å². The molecule has 2 amide bonds. The van der Waals surface area contributed by atoms with Gasteiger partial charge in [0.15, 0.2) is 11.5 Å². The molecule has 2 N–H and O–H groups in total. The molecule has 9 heteroatoms. The zero-order valence-electron chi connectivity index (χ0n) is 13.2. The highest BCUT2D eigenvalue weighted by molar-refractivity contribution is 8.18. The summed E-state index contributed by atoms with van der Waals surface area (Å²) in [6, 6.07) is 9.86. The summed E-state index contributed by atoms with van der Waals surface area (Å²) in [7, 11) is 0. The standard InChI is InChI=1S/C17H12N2O6S/c20-13-3-1-2-11(15(13)21)8-14-16(22)18(17(23)26-14)9-10-4-6-12(7-5-10)19(24)25/h1-8,20-21H,9H2/b14-8-. The van der Waals surface area contributed by atoms with E-state index in [0.717, 1.165) is 4.90 Å². The predicted octanol–water partition coefficient (Wildman–Crippen LogP) is 3.24. The van der Waals surface area contributed by atoms with Gasteiger partial charge in [-0.15, -0.1) is 0 Å². The van der Waals surface area contributed by atoms with Gasteiger partial charge in [-0.2, -0.15) is 0 Å². The minimum Gasteiger partial charge on any atom is -0.504 e. The number of nitro groups is 1. The third-order valence-corrected chi connectivity index (χ3v) is 4.60. The third kappa shape index (κ3) is 3.38. The molecule has 1 aliphatic heterocycles. The summed E-state index contributed by atoms with van der Waals surface area (Å²) in [5.41, 5.74) is 0.701. The van der Waals surface area contributed by atoms with Crippen LogP contribution >= 0.6 is 11.8 Å². The summed E-state index contributed by atoms with van der Waals surface area (Å²) < 4.78 is 0. The van der Waals surface area contributed by atoms with Crippen LogP contribution in [0.2, 0.25) is 0 Å². The average Bonchev–Trinajstić information content (AvgIpc) is 2.87. The molecule has 1 aliphatic rings. The van der Waals surface area contributed by atoms with E-state index >= 15 is 0 Å². The lowest BCUT2D eigenvalue weighted by Gasteiger charge is -2.12. The van der Waals surface area contributed by atoms with Crippen molar-refractivity contribution in [2.24, 2.45) is 0 Å². The van der Waals surface area contributed by atoms with Crippen LogP contribution < -0.4 is 0 Å². The van der Waals surface area contributed by atoms with E-state index < -0.39 is 16.1 Å². The molecule has 2 aromatic rings. The summed E-state index contributed by atoms with van der Waals surface area (Å²) in [6.45, 7) is -0.0218. The Morgan fingerprint density at radius 2 is 1.81 bits per heavy atom. The smallest absolute Gasteiger partial charge is 0.293 e. The van der Waals surface area contributed by atoms with Crippen molar-refractivity contribution in [1.29, 1.82) is 0 Å². The quantitative estimate of drug-likeness (QED) is 0.366. The van der Waals surface area contributed by atoms with Gasteiger partial charge in [-0.05, 0) is 29.5 Å². The fraction of sp³-hybridized carbons (Fsp3) is 0.0588. The van der Waals surface area contributed by atoms with Gasteiger partial charge in [-0.3, -0.25) is 24.6 Å². The Kier molecular flexibility index (Phi) is 4.63. The molecule has 8 nitrogen and oxygen atoms in total. The number of non-ortho nitro benzene ring substituents is 1. The van der Waals surface area contributed by atoms with Crippen LogP contribution in [0.4, 0.5) is 10.5 Å². The van der Waals surface area contributed by atoms with Crippen molar-refractivity contribution in [2.45, 2.75) is 6.54 Å². The molecule has 0 aliphatic carbocycles. The number of nitrogens with zero attached hydrogens (tertiary/aromatic N) is 2. The van der Waals surface area contributed by atoms with Gasteiger partial charge in [0.1, 0.15) is 0 Å². The molecule has 2 aromatic carbocycles. The lowest BCUT2D eigenvalue weighted by molar-refractivity contribution is -0.384. The van der Waals surface area contributed by atoms with Gasteiger partial charge >= 0.3 is 0 Å². The second-order valence-electron chi connectivity index (χ2n) is 5.41. The lowest BCUT2D eigenvalue weighted by atomic mass is 10.1. The van der Waals surface area contributed by atoms with Gasteiger partial charge in [0.25, 0.3) is 16.8 Å². The van der Waals surface area contributed by atoms with Crippen LogP contribution in [-0.2, 0) is 11.3 Å². The largest absolute Gasteiger partial charge is 0.504 e. The first-order valence-electron chi connectivity index (χ1n) is 7.36. The number of carbonyl (C=O) groups is 2. The highest BCUT2D eigenvalue weighted by atomic mass is 32.2. The van der Waals surface area contributed by atoms with E-state index in [0.29, 0.717) is 17.3 Å². The Morgan fingerprint density at radius 1 is 1.12 bits per heavy atom. The molecule has 0 saturated carbocycles. The first kappa shape index (κ1) is 17.5. The van der Waals surface area contributed by atoms with Crippen molar-refractivity contribution in [3.8, 4) is 11.5 Å². The SMILES string of the molecule is O=C1S/C(=C\c2cccc(O)c2O)C(=O)N1Cc1ccc([N+](=O)[O-])cc1. The molecular weight excluding hydrogens is 360 g/mol. The minimum absolute atomic E-state index is 0.0218. The number of carbonyl (C=O) groups excluding carboxylic acids is 2. The van der Waals surface area contributed by atoms with Crippen LogP contribution in [0.25, 0.3) is 6.08 Å². The molecule has 0 spiro atoms. The van der Waals surface area contributed by atoms with Gasteiger partial charge in [-0.1, -0.05) is 24.3 Å². The summed E-state index contributed by atoms with van der Waals surface area (Å²) in [6.07, 6.45) is 1.33. The number of benzene rings is 2. The van der Waals surface area contributed by atoms with E-state index in [9.17, 15) is 29.9 Å². The van der Waals surface area contributed by atoms with E-state index in [2.05, 4.69) is 0 Å². The zero-order valence-corrected chi connectivity index (χ0v) is 14.0. The van der Waals surface area contributed by atoms with E-state index in [1.807, 2.05) is 0 Å². The maximum atomic E-state index is 12.5. The summed E-state index contributed by atoms with van der Waals surface area (Å²) in [5.74, 6) is -1.25. The second kappa shape index (κ2) is 6.89.